The van der Waals surface area contributed by atoms with Crippen LogP contribution in [0.2, 0.25) is 0 Å². The summed E-state index contributed by atoms with van der Waals surface area (Å²) in [6.07, 6.45) is 1.57. The van der Waals surface area contributed by atoms with Crippen molar-refractivity contribution in [2.75, 3.05) is 23.9 Å². The van der Waals surface area contributed by atoms with Crippen LogP contribution in [0.4, 0.5) is 16.2 Å². The summed E-state index contributed by atoms with van der Waals surface area (Å²) in [7, 11) is 3.73. The van der Waals surface area contributed by atoms with Gasteiger partial charge in [-0.15, -0.1) is 0 Å². The third kappa shape index (κ3) is 5.97. The van der Waals surface area contributed by atoms with Gasteiger partial charge in [0, 0.05) is 30.6 Å². The molecule has 1 N–H and O–H groups in total. The molecule has 2 amide bonds. The molecule has 0 fully saturated rings. The van der Waals surface area contributed by atoms with E-state index in [-0.39, 0.29) is 16.9 Å². The van der Waals surface area contributed by atoms with Gasteiger partial charge in [-0.1, -0.05) is 120 Å². The highest BCUT2D eigenvalue weighted by Crippen LogP contribution is 2.40. The molecule has 0 radical (unpaired) electrons. The number of nitrogens with zero attached hydrogens (tertiary/aromatic N) is 2. The minimum Gasteiger partial charge on any atom is -0.507 e. The maximum Gasteiger partial charge on any atom is 0.328 e. The van der Waals surface area contributed by atoms with Crippen LogP contribution < -0.4 is 9.80 Å². The van der Waals surface area contributed by atoms with E-state index >= 15 is 0 Å². The second-order valence-corrected chi connectivity index (χ2v) is 13.7. The number of phenols is 1. The average molecular weight is 573 g/mol. The van der Waals surface area contributed by atoms with E-state index in [4.69, 9.17) is 0 Å². The van der Waals surface area contributed by atoms with E-state index < -0.39 is 0 Å². The Morgan fingerprint density at radius 3 is 1.67 bits per heavy atom. The first-order valence-corrected chi connectivity index (χ1v) is 15.1. The number of rotatable bonds is 5. The summed E-state index contributed by atoms with van der Waals surface area (Å²) in [5.74, 6) is 0.401. The molecule has 222 valence electrons. The monoisotopic (exact) mass is 572 g/mol. The number of aryl methyl sites for hydroxylation is 2. The maximum absolute atomic E-state index is 14.1. The Balaban J connectivity index is 1.47. The lowest BCUT2D eigenvalue weighted by molar-refractivity contribution is 0.253. The quantitative estimate of drug-likeness (QED) is 0.213. The summed E-state index contributed by atoms with van der Waals surface area (Å²) >= 11 is 0. The third-order valence-corrected chi connectivity index (χ3v) is 8.47. The first-order valence-electron chi connectivity index (χ1n) is 15.1. The van der Waals surface area contributed by atoms with Crippen LogP contribution in [0.25, 0.3) is 21.5 Å². The lowest BCUT2D eigenvalue weighted by atomic mass is 9.78. The topological polar surface area (TPSA) is 43.8 Å². The van der Waals surface area contributed by atoms with Crippen LogP contribution in [0.5, 0.6) is 5.75 Å². The van der Waals surface area contributed by atoms with Gasteiger partial charge in [-0.2, -0.15) is 0 Å². The highest BCUT2D eigenvalue weighted by Gasteiger charge is 2.27. The van der Waals surface area contributed by atoms with Crippen LogP contribution >= 0.6 is 0 Å². The summed E-state index contributed by atoms with van der Waals surface area (Å²) < 4.78 is 0. The summed E-state index contributed by atoms with van der Waals surface area (Å²) in [6.45, 7) is 12.9. The van der Waals surface area contributed by atoms with Gasteiger partial charge in [0.25, 0.3) is 0 Å². The van der Waals surface area contributed by atoms with Crippen molar-refractivity contribution in [2.45, 2.75) is 65.2 Å². The van der Waals surface area contributed by atoms with Crippen molar-refractivity contribution in [3.8, 4) is 5.75 Å². The molecule has 43 heavy (non-hydrogen) atoms. The normalized spacial score (nSPS) is 12.1. The largest absolute Gasteiger partial charge is 0.507 e. The van der Waals surface area contributed by atoms with E-state index in [9.17, 15) is 9.90 Å². The van der Waals surface area contributed by atoms with Gasteiger partial charge in [-0.05, 0) is 68.8 Å². The predicted molar refractivity (Wildman–Crippen MR) is 183 cm³/mol. The Labute approximate surface area is 256 Å². The highest BCUT2D eigenvalue weighted by molar-refractivity contribution is 6.17. The summed E-state index contributed by atoms with van der Waals surface area (Å²) in [4.78, 5) is 17.7. The highest BCUT2D eigenvalue weighted by atomic mass is 16.3. The fourth-order valence-electron chi connectivity index (χ4n) is 6.09. The van der Waals surface area contributed by atoms with Crippen molar-refractivity contribution in [2.24, 2.45) is 0 Å². The molecule has 0 saturated carbocycles. The van der Waals surface area contributed by atoms with Crippen LogP contribution in [-0.4, -0.2) is 25.2 Å². The Hall–Kier alpha value is -4.31. The van der Waals surface area contributed by atoms with E-state index in [0.717, 1.165) is 62.5 Å². The minimum atomic E-state index is -0.180. The van der Waals surface area contributed by atoms with Gasteiger partial charge in [0.1, 0.15) is 5.75 Å². The Bertz CT molecular complexity index is 1720. The second-order valence-electron chi connectivity index (χ2n) is 13.7. The number of urea groups is 1. The summed E-state index contributed by atoms with van der Waals surface area (Å²) in [6, 6.07) is 31.1. The second kappa shape index (κ2) is 11.4. The molecule has 0 aliphatic rings. The number of hydrogen-bond donors (Lipinski definition) is 1. The van der Waals surface area contributed by atoms with Crippen molar-refractivity contribution in [3.05, 3.63) is 113 Å². The standard InChI is InChI=1S/C39H44N2O2/c1-38(2,3)32-23-26(24-33(36(32)42)39(4,5)6)21-22-27-15-11-14-20-34(27)40(7)37(43)41(8)35-30-18-12-9-16-28(30)25-29-17-10-13-19-31(29)35/h9-20,23-25,42H,21-22H2,1-8H3. The third-order valence-electron chi connectivity index (χ3n) is 8.47. The predicted octanol–water partition coefficient (Wildman–Crippen LogP) is 9.77. The molecule has 0 aromatic heterocycles. The molecule has 0 bridgehead atoms. The molecule has 5 aromatic carbocycles. The van der Waals surface area contributed by atoms with Crippen molar-refractivity contribution in [3.63, 3.8) is 0 Å². The molecule has 0 aliphatic carbocycles. The van der Waals surface area contributed by atoms with Crippen LogP contribution in [0.3, 0.4) is 0 Å². The molecule has 0 saturated heterocycles. The molecule has 0 atom stereocenters. The van der Waals surface area contributed by atoms with Crippen molar-refractivity contribution >= 4 is 39.0 Å². The zero-order valence-electron chi connectivity index (χ0n) is 26.8. The number of para-hydroxylation sites is 1. The summed E-state index contributed by atoms with van der Waals surface area (Å²) in [5.41, 5.74) is 5.69. The van der Waals surface area contributed by atoms with Gasteiger partial charge in [-0.25, -0.2) is 4.79 Å². The van der Waals surface area contributed by atoms with Crippen molar-refractivity contribution < 1.29 is 9.90 Å². The van der Waals surface area contributed by atoms with E-state index in [2.05, 4.69) is 90.1 Å². The number of aromatic hydroxyl groups is 1. The fourth-order valence-corrected chi connectivity index (χ4v) is 6.09. The van der Waals surface area contributed by atoms with Gasteiger partial charge >= 0.3 is 6.03 Å². The van der Waals surface area contributed by atoms with Crippen LogP contribution in [-0.2, 0) is 23.7 Å². The zero-order valence-corrected chi connectivity index (χ0v) is 26.8. The van der Waals surface area contributed by atoms with Gasteiger partial charge in [-0.3, -0.25) is 9.80 Å². The van der Waals surface area contributed by atoms with Crippen LogP contribution in [0, 0.1) is 0 Å². The van der Waals surface area contributed by atoms with E-state index in [1.807, 2.05) is 56.6 Å². The molecule has 0 aliphatic heterocycles. The Kier molecular flexibility index (Phi) is 8.00. The number of amides is 2. The lowest BCUT2D eigenvalue weighted by Crippen LogP contribution is -2.39. The SMILES string of the molecule is CN(C(=O)N(C)c1c2ccccc2cc2ccccc12)c1ccccc1CCc1cc(C(C)(C)C)c(O)c(C(C)(C)C)c1. The smallest absolute Gasteiger partial charge is 0.328 e. The minimum absolute atomic E-state index is 0.0939. The van der Waals surface area contributed by atoms with Crippen LogP contribution in [0.1, 0.15) is 63.8 Å². The van der Waals surface area contributed by atoms with E-state index in [1.165, 1.54) is 5.56 Å². The number of anilines is 2. The molecule has 5 rings (SSSR count). The van der Waals surface area contributed by atoms with Gasteiger partial charge < -0.3 is 5.11 Å². The van der Waals surface area contributed by atoms with Gasteiger partial charge in [0.05, 0.1) is 5.69 Å². The van der Waals surface area contributed by atoms with E-state index in [1.54, 1.807) is 9.80 Å². The van der Waals surface area contributed by atoms with Gasteiger partial charge in [0.15, 0.2) is 0 Å². The number of benzene rings is 5. The Morgan fingerprint density at radius 1 is 0.651 bits per heavy atom. The van der Waals surface area contributed by atoms with Crippen LogP contribution in [0.15, 0.2) is 91.0 Å². The Morgan fingerprint density at radius 2 is 1.14 bits per heavy atom. The number of carbonyl (C=O) groups excluding carboxylic acids is 1. The fraction of sp³-hybridized carbons (Fsp3) is 0.308. The first kappa shape index (κ1) is 30.2. The number of phenolic OH excluding ortho intramolecular Hbond substituents is 1. The van der Waals surface area contributed by atoms with Gasteiger partial charge in [0.2, 0.25) is 0 Å². The maximum atomic E-state index is 14.1. The molecular formula is C39H44N2O2. The average Bonchev–Trinajstić information content (AvgIpc) is 2.97. The number of hydrogen-bond acceptors (Lipinski definition) is 2. The molecule has 5 aromatic rings. The van der Waals surface area contributed by atoms with Crippen molar-refractivity contribution in [1.29, 1.82) is 0 Å². The molecule has 0 unspecified atom stereocenters. The first-order chi connectivity index (χ1) is 20.3. The van der Waals surface area contributed by atoms with E-state index in [0.29, 0.717) is 5.75 Å². The lowest BCUT2D eigenvalue weighted by Gasteiger charge is -2.29. The summed E-state index contributed by atoms with van der Waals surface area (Å²) in [5, 5.41) is 15.5. The van der Waals surface area contributed by atoms with Crippen molar-refractivity contribution in [1.82, 2.24) is 0 Å². The molecule has 0 spiro atoms. The number of fused-ring (bicyclic) bond motifs is 2. The zero-order chi connectivity index (χ0) is 31.1. The molecule has 4 nitrogen and oxygen atoms in total. The molecular weight excluding hydrogens is 528 g/mol. The number of carbonyl (C=O) groups is 1. The molecule has 0 heterocycles. The molecule has 4 heteroatoms.